The van der Waals surface area contributed by atoms with E-state index in [4.69, 9.17) is 0 Å². The zero-order chi connectivity index (χ0) is 24.4. The highest BCUT2D eigenvalue weighted by Gasteiger charge is 2.27. The van der Waals surface area contributed by atoms with Gasteiger partial charge in [0.15, 0.2) is 0 Å². The molecule has 1 aliphatic rings. The first kappa shape index (κ1) is 25.4. The standard InChI is InChI=1S/C23H31N3O5S2/c1-17-11-12-19(32(28,29)25-23(2,3)4)16-21(17)22(27)24-18-9-8-10-20(15-18)33(30,31)26-13-6-5-7-14-26/h8-12,15-16,25H,5-7,13-14H2,1-4H3,(H,24,27). The number of anilines is 1. The summed E-state index contributed by atoms with van der Waals surface area (Å²) in [6.45, 7) is 7.88. The Hall–Kier alpha value is -2.27. The number of rotatable bonds is 6. The number of carbonyl (C=O) groups excluding carboxylic acids is 1. The van der Waals surface area contributed by atoms with Crippen LogP contribution in [0.5, 0.6) is 0 Å². The number of nitrogens with zero attached hydrogens (tertiary/aromatic N) is 1. The van der Waals surface area contributed by atoms with E-state index >= 15 is 0 Å². The monoisotopic (exact) mass is 493 g/mol. The van der Waals surface area contributed by atoms with Crippen LogP contribution in [0.25, 0.3) is 0 Å². The van der Waals surface area contributed by atoms with Gasteiger partial charge in [0.2, 0.25) is 20.0 Å². The molecule has 0 saturated carbocycles. The lowest BCUT2D eigenvalue weighted by Gasteiger charge is -2.26. The molecule has 0 spiro atoms. The van der Waals surface area contributed by atoms with Crippen molar-refractivity contribution in [2.75, 3.05) is 18.4 Å². The Morgan fingerprint density at radius 3 is 2.21 bits per heavy atom. The molecular formula is C23H31N3O5S2. The van der Waals surface area contributed by atoms with Crippen LogP contribution in [0, 0.1) is 6.92 Å². The number of amides is 1. The highest BCUT2D eigenvalue weighted by atomic mass is 32.2. The van der Waals surface area contributed by atoms with E-state index in [0.29, 0.717) is 24.3 Å². The number of carbonyl (C=O) groups is 1. The first-order valence-corrected chi connectivity index (χ1v) is 13.8. The van der Waals surface area contributed by atoms with Crippen LogP contribution in [0.2, 0.25) is 0 Å². The maximum absolute atomic E-state index is 13.0. The van der Waals surface area contributed by atoms with Crippen LogP contribution in [0.4, 0.5) is 5.69 Å². The fraction of sp³-hybridized carbons (Fsp3) is 0.435. The van der Waals surface area contributed by atoms with Crippen LogP contribution in [-0.2, 0) is 20.0 Å². The first-order valence-electron chi connectivity index (χ1n) is 10.9. The van der Waals surface area contributed by atoms with Gasteiger partial charge in [0.1, 0.15) is 0 Å². The van der Waals surface area contributed by atoms with E-state index in [1.807, 2.05) is 0 Å². The van der Waals surface area contributed by atoms with Crippen molar-refractivity contribution in [1.82, 2.24) is 9.03 Å². The Bertz CT molecular complexity index is 1240. The summed E-state index contributed by atoms with van der Waals surface area (Å²) in [5.74, 6) is -0.521. The van der Waals surface area contributed by atoms with E-state index in [9.17, 15) is 21.6 Å². The Labute approximate surface area is 196 Å². The summed E-state index contributed by atoms with van der Waals surface area (Å²) in [6.07, 6.45) is 2.68. The predicted octanol–water partition coefficient (Wildman–Crippen LogP) is 3.50. The molecule has 1 heterocycles. The quantitative estimate of drug-likeness (QED) is 0.640. The number of hydrogen-bond acceptors (Lipinski definition) is 5. The van der Waals surface area contributed by atoms with Crippen molar-refractivity contribution in [1.29, 1.82) is 0 Å². The normalized spacial score (nSPS) is 15.9. The molecular weight excluding hydrogens is 462 g/mol. The largest absolute Gasteiger partial charge is 0.322 e. The lowest BCUT2D eigenvalue weighted by atomic mass is 10.1. The van der Waals surface area contributed by atoms with Gasteiger partial charge < -0.3 is 5.32 Å². The molecule has 0 aliphatic carbocycles. The fourth-order valence-corrected chi connectivity index (χ4v) is 6.67. The summed E-state index contributed by atoms with van der Waals surface area (Å²) in [7, 11) is -7.46. The molecule has 180 valence electrons. The van der Waals surface area contributed by atoms with E-state index in [2.05, 4.69) is 10.0 Å². The second kappa shape index (κ2) is 9.54. The average molecular weight is 494 g/mol. The maximum Gasteiger partial charge on any atom is 0.255 e. The smallest absolute Gasteiger partial charge is 0.255 e. The van der Waals surface area contributed by atoms with Gasteiger partial charge in [-0.15, -0.1) is 0 Å². The van der Waals surface area contributed by atoms with Crippen molar-refractivity contribution in [3.63, 3.8) is 0 Å². The third kappa shape index (κ3) is 6.20. The van der Waals surface area contributed by atoms with Gasteiger partial charge in [-0.3, -0.25) is 4.79 Å². The Kier molecular flexibility index (Phi) is 7.33. The van der Waals surface area contributed by atoms with Crippen LogP contribution in [-0.4, -0.2) is 45.7 Å². The Balaban J connectivity index is 1.86. The van der Waals surface area contributed by atoms with E-state index < -0.39 is 31.5 Å². The van der Waals surface area contributed by atoms with Gasteiger partial charge in [-0.1, -0.05) is 18.6 Å². The summed E-state index contributed by atoms with van der Waals surface area (Å²) in [5, 5.41) is 2.70. The molecule has 8 nitrogen and oxygen atoms in total. The molecule has 0 aromatic heterocycles. The van der Waals surface area contributed by atoms with Crippen molar-refractivity contribution >= 4 is 31.6 Å². The van der Waals surface area contributed by atoms with E-state index in [1.165, 1.54) is 28.6 Å². The fourth-order valence-electron chi connectivity index (χ4n) is 3.66. The zero-order valence-electron chi connectivity index (χ0n) is 19.4. The van der Waals surface area contributed by atoms with Crippen LogP contribution >= 0.6 is 0 Å². The average Bonchev–Trinajstić information content (AvgIpc) is 2.73. The minimum Gasteiger partial charge on any atom is -0.322 e. The summed E-state index contributed by atoms with van der Waals surface area (Å²) >= 11 is 0. The number of hydrogen-bond donors (Lipinski definition) is 2. The van der Waals surface area contributed by atoms with Crippen molar-refractivity contribution in [3.05, 3.63) is 53.6 Å². The van der Waals surface area contributed by atoms with E-state index in [1.54, 1.807) is 45.9 Å². The molecule has 33 heavy (non-hydrogen) atoms. The van der Waals surface area contributed by atoms with Gasteiger partial charge in [-0.25, -0.2) is 21.6 Å². The molecule has 1 saturated heterocycles. The van der Waals surface area contributed by atoms with Gasteiger partial charge in [-0.2, -0.15) is 4.31 Å². The van der Waals surface area contributed by atoms with Crippen molar-refractivity contribution < 1.29 is 21.6 Å². The first-order chi connectivity index (χ1) is 15.3. The number of benzene rings is 2. The lowest BCUT2D eigenvalue weighted by molar-refractivity contribution is 0.102. The highest BCUT2D eigenvalue weighted by Crippen LogP contribution is 2.24. The Morgan fingerprint density at radius 1 is 0.909 bits per heavy atom. The van der Waals surface area contributed by atoms with Crippen LogP contribution in [0.3, 0.4) is 0 Å². The number of aryl methyl sites for hydroxylation is 1. The zero-order valence-corrected chi connectivity index (χ0v) is 21.0. The summed E-state index contributed by atoms with van der Waals surface area (Å²) in [4.78, 5) is 13.1. The van der Waals surface area contributed by atoms with Crippen molar-refractivity contribution in [2.24, 2.45) is 0 Å². The summed E-state index contributed by atoms with van der Waals surface area (Å²) in [6, 6.07) is 10.5. The topological polar surface area (TPSA) is 113 Å². The second-order valence-corrected chi connectivity index (χ2v) is 12.9. The van der Waals surface area contributed by atoms with Gasteiger partial charge in [0.25, 0.3) is 5.91 Å². The highest BCUT2D eigenvalue weighted by molar-refractivity contribution is 7.89. The lowest BCUT2D eigenvalue weighted by Crippen LogP contribution is -2.40. The summed E-state index contributed by atoms with van der Waals surface area (Å²) < 4.78 is 55.3. The minimum atomic E-state index is -3.82. The van der Waals surface area contributed by atoms with Crippen molar-refractivity contribution in [3.8, 4) is 0 Å². The van der Waals surface area contributed by atoms with Crippen LogP contribution in [0.15, 0.2) is 52.3 Å². The predicted molar refractivity (Wildman–Crippen MR) is 128 cm³/mol. The van der Waals surface area contributed by atoms with Crippen LogP contribution < -0.4 is 10.0 Å². The molecule has 0 radical (unpaired) electrons. The molecule has 3 rings (SSSR count). The van der Waals surface area contributed by atoms with Gasteiger partial charge in [0.05, 0.1) is 9.79 Å². The van der Waals surface area contributed by atoms with Gasteiger partial charge in [0, 0.05) is 29.9 Å². The van der Waals surface area contributed by atoms with E-state index in [-0.39, 0.29) is 15.4 Å². The Morgan fingerprint density at radius 2 is 1.58 bits per heavy atom. The molecule has 2 N–H and O–H groups in total. The van der Waals surface area contributed by atoms with Crippen LogP contribution in [0.1, 0.15) is 56.0 Å². The van der Waals surface area contributed by atoms with Crippen molar-refractivity contribution in [2.45, 2.75) is 62.3 Å². The number of sulfonamides is 2. The SMILES string of the molecule is Cc1ccc(S(=O)(=O)NC(C)(C)C)cc1C(=O)Nc1cccc(S(=O)(=O)N2CCCCC2)c1. The molecule has 0 unspecified atom stereocenters. The molecule has 0 atom stereocenters. The maximum atomic E-state index is 13.0. The second-order valence-electron chi connectivity index (χ2n) is 9.28. The third-order valence-electron chi connectivity index (χ3n) is 5.25. The molecule has 1 fully saturated rings. The number of piperidine rings is 1. The van der Waals surface area contributed by atoms with Gasteiger partial charge >= 0.3 is 0 Å². The molecule has 1 aliphatic heterocycles. The third-order valence-corrected chi connectivity index (χ3v) is 8.90. The van der Waals surface area contributed by atoms with E-state index in [0.717, 1.165) is 19.3 Å². The van der Waals surface area contributed by atoms with Gasteiger partial charge in [-0.05, 0) is 76.4 Å². The minimum absolute atomic E-state index is 0.0189. The summed E-state index contributed by atoms with van der Waals surface area (Å²) in [5.41, 5.74) is 0.431. The molecule has 2 aromatic carbocycles. The molecule has 2 aromatic rings. The number of nitrogens with one attached hydrogen (secondary N) is 2. The molecule has 1 amide bonds. The molecule has 0 bridgehead atoms. The molecule has 10 heteroatoms.